The molecule has 0 radical (unpaired) electrons. The molecule has 2 rings (SSSR count). The van der Waals surface area contributed by atoms with E-state index in [0.29, 0.717) is 0 Å². The molecule has 3 N–H and O–H groups in total. The zero-order valence-electron chi connectivity index (χ0n) is 11.2. The highest BCUT2D eigenvalue weighted by molar-refractivity contribution is 9.10. The van der Waals surface area contributed by atoms with E-state index >= 15 is 0 Å². The van der Waals surface area contributed by atoms with E-state index in [4.69, 9.17) is 17.4 Å². The lowest BCUT2D eigenvalue weighted by atomic mass is 9.99. The van der Waals surface area contributed by atoms with E-state index in [1.807, 2.05) is 24.3 Å². The van der Waals surface area contributed by atoms with Crippen molar-refractivity contribution >= 4 is 27.5 Å². The molecule has 0 heterocycles. The third kappa shape index (κ3) is 4.06. The lowest BCUT2D eigenvalue weighted by molar-refractivity contribution is 0.498. The fraction of sp³-hybridized carbons (Fsp3) is 0.250. The van der Waals surface area contributed by atoms with Gasteiger partial charge in [-0.25, -0.2) is 0 Å². The zero-order valence-corrected chi connectivity index (χ0v) is 13.5. The van der Waals surface area contributed by atoms with Crippen LogP contribution < -0.4 is 11.3 Å². The van der Waals surface area contributed by atoms with Crippen molar-refractivity contribution in [3.05, 3.63) is 69.2 Å². The first-order valence-corrected chi connectivity index (χ1v) is 7.83. The van der Waals surface area contributed by atoms with Crippen molar-refractivity contribution in [2.24, 2.45) is 5.84 Å². The average molecular weight is 354 g/mol. The first-order valence-electron chi connectivity index (χ1n) is 6.66. The number of hydrogen-bond donors (Lipinski definition) is 2. The van der Waals surface area contributed by atoms with Crippen LogP contribution in [0.15, 0.2) is 53.0 Å². The maximum absolute atomic E-state index is 6.32. The highest BCUT2D eigenvalue weighted by Gasteiger charge is 2.14. The largest absolute Gasteiger partial charge is 0.271 e. The Morgan fingerprint density at radius 2 is 1.85 bits per heavy atom. The Bertz CT molecular complexity index is 545. The molecule has 2 aromatic rings. The van der Waals surface area contributed by atoms with Crippen molar-refractivity contribution in [3.8, 4) is 0 Å². The van der Waals surface area contributed by atoms with Crippen LogP contribution in [-0.2, 0) is 6.42 Å². The quantitative estimate of drug-likeness (QED) is 0.587. The maximum Gasteiger partial charge on any atom is 0.0596 e. The number of aryl methyl sites for hydroxylation is 1. The van der Waals surface area contributed by atoms with Crippen molar-refractivity contribution in [1.29, 1.82) is 0 Å². The third-order valence-electron chi connectivity index (χ3n) is 3.36. The molecule has 0 saturated heterocycles. The van der Waals surface area contributed by atoms with Gasteiger partial charge in [0.1, 0.15) is 0 Å². The summed E-state index contributed by atoms with van der Waals surface area (Å²) in [4.78, 5) is 0. The van der Waals surface area contributed by atoms with Crippen molar-refractivity contribution in [2.45, 2.75) is 25.3 Å². The summed E-state index contributed by atoms with van der Waals surface area (Å²) in [7, 11) is 0. The van der Waals surface area contributed by atoms with Gasteiger partial charge in [-0.05, 0) is 52.4 Å². The molecule has 0 aliphatic rings. The maximum atomic E-state index is 6.32. The molecule has 0 fully saturated rings. The molecule has 1 unspecified atom stereocenters. The number of benzene rings is 2. The van der Waals surface area contributed by atoms with Crippen LogP contribution in [0.1, 0.15) is 30.0 Å². The van der Waals surface area contributed by atoms with Gasteiger partial charge in [0.25, 0.3) is 0 Å². The van der Waals surface area contributed by atoms with E-state index in [0.717, 1.165) is 34.3 Å². The second-order valence-corrected chi connectivity index (χ2v) is 5.97. The molecule has 2 nitrogen and oxygen atoms in total. The van der Waals surface area contributed by atoms with Gasteiger partial charge < -0.3 is 0 Å². The summed E-state index contributed by atoms with van der Waals surface area (Å²) < 4.78 is 0.903. The topological polar surface area (TPSA) is 38.0 Å². The number of halogens is 2. The minimum atomic E-state index is 0.0729. The molecule has 0 saturated carbocycles. The average Bonchev–Trinajstić information content (AvgIpc) is 2.48. The van der Waals surface area contributed by atoms with E-state index in [9.17, 15) is 0 Å². The molecule has 0 amide bonds. The first kappa shape index (κ1) is 15.5. The van der Waals surface area contributed by atoms with Crippen molar-refractivity contribution in [3.63, 3.8) is 0 Å². The van der Waals surface area contributed by atoms with Crippen molar-refractivity contribution < 1.29 is 0 Å². The molecule has 106 valence electrons. The summed E-state index contributed by atoms with van der Waals surface area (Å²) in [6, 6.07) is 16.5. The van der Waals surface area contributed by atoms with Gasteiger partial charge in [0.15, 0.2) is 0 Å². The Morgan fingerprint density at radius 3 is 2.55 bits per heavy atom. The van der Waals surface area contributed by atoms with E-state index in [-0.39, 0.29) is 6.04 Å². The normalized spacial score (nSPS) is 12.3. The molecule has 0 spiro atoms. The molecule has 20 heavy (non-hydrogen) atoms. The fourth-order valence-electron chi connectivity index (χ4n) is 2.27. The highest BCUT2D eigenvalue weighted by Crippen LogP contribution is 2.31. The number of hydrogen-bond acceptors (Lipinski definition) is 2. The Morgan fingerprint density at radius 1 is 1.10 bits per heavy atom. The van der Waals surface area contributed by atoms with Crippen LogP contribution in [0.2, 0.25) is 5.02 Å². The van der Waals surface area contributed by atoms with E-state index in [1.165, 1.54) is 5.56 Å². The number of rotatable bonds is 6. The summed E-state index contributed by atoms with van der Waals surface area (Å²) in [5.41, 5.74) is 5.26. The van der Waals surface area contributed by atoms with E-state index in [2.05, 4.69) is 45.6 Å². The molecule has 4 heteroatoms. The smallest absolute Gasteiger partial charge is 0.0596 e. The summed E-state index contributed by atoms with van der Waals surface area (Å²) in [5, 5.41) is 0.732. The molecular weight excluding hydrogens is 336 g/mol. The summed E-state index contributed by atoms with van der Waals surface area (Å²) >= 11 is 9.77. The fourth-order valence-corrected chi connectivity index (χ4v) is 2.91. The molecule has 0 aliphatic carbocycles. The van der Waals surface area contributed by atoms with Crippen molar-refractivity contribution in [2.75, 3.05) is 0 Å². The first-order chi connectivity index (χ1) is 9.72. The molecule has 0 aromatic heterocycles. The number of hydrazine groups is 1. The Balaban J connectivity index is 1.97. The van der Waals surface area contributed by atoms with Gasteiger partial charge in [-0.15, -0.1) is 0 Å². The number of nitrogens with one attached hydrogen (secondary N) is 1. The predicted octanol–water partition coefficient (Wildman–Crippen LogP) is 4.63. The summed E-state index contributed by atoms with van der Waals surface area (Å²) in [5.74, 6) is 5.68. The lowest BCUT2D eigenvalue weighted by Gasteiger charge is -2.18. The minimum absolute atomic E-state index is 0.0729. The van der Waals surface area contributed by atoms with Crippen LogP contribution in [0, 0.1) is 0 Å². The number of nitrogens with two attached hydrogens (primary N) is 1. The van der Waals surface area contributed by atoms with E-state index in [1.54, 1.807) is 0 Å². The Labute approximate surface area is 133 Å². The van der Waals surface area contributed by atoms with Gasteiger partial charge in [-0.1, -0.05) is 54.1 Å². The zero-order chi connectivity index (χ0) is 14.4. The Hall–Kier alpha value is -0.870. The predicted molar refractivity (Wildman–Crippen MR) is 88.6 cm³/mol. The van der Waals surface area contributed by atoms with Gasteiger partial charge in [0, 0.05) is 10.5 Å². The van der Waals surface area contributed by atoms with Gasteiger partial charge >= 0.3 is 0 Å². The van der Waals surface area contributed by atoms with Gasteiger partial charge in [-0.3, -0.25) is 11.3 Å². The van der Waals surface area contributed by atoms with Crippen LogP contribution in [0.4, 0.5) is 0 Å². The monoisotopic (exact) mass is 352 g/mol. The molecule has 0 bridgehead atoms. The second kappa shape index (κ2) is 7.79. The lowest BCUT2D eigenvalue weighted by Crippen LogP contribution is -2.28. The molecule has 0 aliphatic heterocycles. The molecule has 2 aromatic carbocycles. The van der Waals surface area contributed by atoms with Crippen molar-refractivity contribution in [1.82, 2.24) is 5.43 Å². The standard InChI is InChI=1S/C16H18BrClN2/c17-14-10-5-9-13(16(14)18)15(20-19)11-4-8-12-6-2-1-3-7-12/h1-3,5-7,9-10,15,20H,4,8,11,19H2. The summed E-state index contributed by atoms with van der Waals surface area (Å²) in [6.07, 6.45) is 3.05. The Kier molecular flexibility index (Phi) is 6.05. The van der Waals surface area contributed by atoms with Crippen LogP contribution in [0.5, 0.6) is 0 Å². The van der Waals surface area contributed by atoms with Crippen LogP contribution in [0.25, 0.3) is 0 Å². The molecule has 1 atom stereocenters. The minimum Gasteiger partial charge on any atom is -0.271 e. The van der Waals surface area contributed by atoms with Gasteiger partial charge in [0.2, 0.25) is 0 Å². The van der Waals surface area contributed by atoms with Crippen LogP contribution >= 0.6 is 27.5 Å². The highest BCUT2D eigenvalue weighted by atomic mass is 79.9. The summed E-state index contributed by atoms with van der Waals surface area (Å²) in [6.45, 7) is 0. The van der Waals surface area contributed by atoms with Crippen LogP contribution in [0.3, 0.4) is 0 Å². The van der Waals surface area contributed by atoms with Crippen LogP contribution in [-0.4, -0.2) is 0 Å². The molecular formula is C16H18BrClN2. The van der Waals surface area contributed by atoms with Gasteiger partial charge in [0.05, 0.1) is 5.02 Å². The second-order valence-electron chi connectivity index (χ2n) is 4.74. The van der Waals surface area contributed by atoms with Gasteiger partial charge in [-0.2, -0.15) is 0 Å². The van der Waals surface area contributed by atoms with E-state index < -0.39 is 0 Å². The third-order valence-corrected chi connectivity index (χ3v) is 4.67. The SMILES string of the molecule is NNC(CCCc1ccccc1)c1cccc(Br)c1Cl.